The van der Waals surface area contributed by atoms with Crippen molar-refractivity contribution in [2.24, 2.45) is 0 Å². The van der Waals surface area contributed by atoms with Crippen molar-refractivity contribution in [1.29, 1.82) is 0 Å². The molecular formula is C19H27N3O3S. The maximum Gasteiger partial charge on any atom is 0.252 e. The normalized spacial score (nSPS) is 17.0. The molecule has 1 N–H and O–H groups in total. The van der Waals surface area contributed by atoms with E-state index in [2.05, 4.69) is 22.9 Å². The van der Waals surface area contributed by atoms with Gasteiger partial charge in [0, 0.05) is 43.8 Å². The molecule has 1 aromatic heterocycles. The molecule has 0 saturated carbocycles. The first-order valence-corrected chi connectivity index (χ1v) is 10.9. The Bertz CT molecular complexity index is 929. The molecule has 1 aliphatic rings. The number of aromatic nitrogens is 1. The van der Waals surface area contributed by atoms with Gasteiger partial charge in [-0.3, -0.25) is 9.69 Å². The first-order chi connectivity index (χ1) is 12.4. The highest BCUT2D eigenvalue weighted by atomic mass is 32.2. The van der Waals surface area contributed by atoms with Crippen molar-refractivity contribution in [2.45, 2.75) is 33.2 Å². The van der Waals surface area contributed by atoms with E-state index in [1.54, 1.807) is 4.31 Å². The van der Waals surface area contributed by atoms with E-state index < -0.39 is 10.0 Å². The van der Waals surface area contributed by atoms with E-state index in [0.29, 0.717) is 39.1 Å². The molecule has 6 nitrogen and oxygen atoms in total. The maximum atomic E-state index is 12.4. The molecule has 26 heavy (non-hydrogen) atoms. The molecule has 0 unspecified atom stereocenters. The average molecular weight is 378 g/mol. The summed E-state index contributed by atoms with van der Waals surface area (Å²) >= 11 is 0. The van der Waals surface area contributed by atoms with Crippen molar-refractivity contribution in [3.8, 4) is 0 Å². The zero-order chi connectivity index (χ0) is 18.7. The van der Waals surface area contributed by atoms with Crippen LogP contribution in [0.15, 0.2) is 29.1 Å². The molecule has 0 bridgehead atoms. The SMILES string of the molecule is CCCS(=O)(=O)N1CCN(Cc2cc3cc(CC)ccc3[nH]c2=O)CC1. The molecule has 7 heteroatoms. The molecule has 1 aromatic carbocycles. The minimum absolute atomic E-state index is 0.0669. The van der Waals surface area contributed by atoms with Crippen LogP contribution in [0.5, 0.6) is 0 Å². The fraction of sp³-hybridized carbons (Fsp3) is 0.526. The van der Waals surface area contributed by atoms with Crippen LogP contribution in [0, 0.1) is 0 Å². The quantitative estimate of drug-likeness (QED) is 0.835. The molecule has 0 amide bonds. The van der Waals surface area contributed by atoms with E-state index in [9.17, 15) is 13.2 Å². The Labute approximate surface area is 154 Å². The number of sulfonamides is 1. The summed E-state index contributed by atoms with van der Waals surface area (Å²) in [7, 11) is -3.14. The molecular weight excluding hydrogens is 350 g/mol. The highest BCUT2D eigenvalue weighted by molar-refractivity contribution is 7.89. The molecule has 142 valence electrons. The van der Waals surface area contributed by atoms with Gasteiger partial charge in [-0.1, -0.05) is 19.9 Å². The van der Waals surface area contributed by atoms with Gasteiger partial charge in [0.05, 0.1) is 5.75 Å². The second kappa shape index (κ2) is 7.90. The molecule has 0 aliphatic carbocycles. The molecule has 2 aromatic rings. The van der Waals surface area contributed by atoms with E-state index in [4.69, 9.17) is 0 Å². The van der Waals surface area contributed by atoms with Gasteiger partial charge in [-0.25, -0.2) is 8.42 Å². The maximum absolute atomic E-state index is 12.4. The van der Waals surface area contributed by atoms with Gasteiger partial charge in [0.2, 0.25) is 10.0 Å². The number of aryl methyl sites for hydroxylation is 1. The summed E-state index contributed by atoms with van der Waals surface area (Å²) in [5.74, 6) is 0.205. The monoisotopic (exact) mass is 377 g/mol. The Kier molecular flexibility index (Phi) is 5.79. The zero-order valence-electron chi connectivity index (χ0n) is 15.5. The molecule has 0 spiro atoms. The number of fused-ring (bicyclic) bond motifs is 1. The molecule has 0 radical (unpaired) electrons. The molecule has 1 aliphatic heterocycles. The van der Waals surface area contributed by atoms with Crippen molar-refractivity contribution in [3.63, 3.8) is 0 Å². The summed E-state index contributed by atoms with van der Waals surface area (Å²) in [6.07, 6.45) is 1.59. The van der Waals surface area contributed by atoms with Crippen LogP contribution in [-0.4, -0.2) is 54.5 Å². The van der Waals surface area contributed by atoms with Crippen molar-refractivity contribution >= 4 is 20.9 Å². The Morgan fingerprint density at radius 3 is 2.46 bits per heavy atom. The Hall–Kier alpha value is -1.70. The second-order valence-electron chi connectivity index (χ2n) is 6.89. The first kappa shape index (κ1) is 19.1. The largest absolute Gasteiger partial charge is 0.322 e. The summed E-state index contributed by atoms with van der Waals surface area (Å²) in [4.78, 5) is 17.5. The number of H-pyrrole nitrogens is 1. The Morgan fingerprint density at radius 1 is 1.08 bits per heavy atom. The van der Waals surface area contributed by atoms with E-state index in [-0.39, 0.29) is 11.3 Å². The van der Waals surface area contributed by atoms with Crippen LogP contribution in [0.1, 0.15) is 31.4 Å². The average Bonchev–Trinajstić information content (AvgIpc) is 2.62. The number of piperazine rings is 1. The minimum atomic E-state index is -3.14. The van der Waals surface area contributed by atoms with Gasteiger partial charge in [-0.2, -0.15) is 4.31 Å². The number of hydrogen-bond acceptors (Lipinski definition) is 4. The van der Waals surface area contributed by atoms with Gasteiger partial charge in [0.1, 0.15) is 0 Å². The second-order valence-corrected chi connectivity index (χ2v) is 8.98. The minimum Gasteiger partial charge on any atom is -0.322 e. The number of hydrogen-bond donors (Lipinski definition) is 1. The third-order valence-corrected chi connectivity index (χ3v) is 7.05. The van der Waals surface area contributed by atoms with Gasteiger partial charge in [0.25, 0.3) is 5.56 Å². The Morgan fingerprint density at radius 2 is 1.81 bits per heavy atom. The standard InChI is InChI=1S/C19H27N3O3S/c1-3-11-26(24,25)22-9-7-21(8-10-22)14-17-13-16-12-15(4-2)5-6-18(16)20-19(17)23/h5-6,12-13H,3-4,7-11,14H2,1-2H3,(H,20,23). The summed E-state index contributed by atoms with van der Waals surface area (Å²) in [5.41, 5.74) is 2.76. The van der Waals surface area contributed by atoms with Crippen molar-refractivity contribution < 1.29 is 8.42 Å². The number of benzene rings is 1. The molecule has 1 fully saturated rings. The number of aromatic amines is 1. The molecule has 3 rings (SSSR count). The lowest BCUT2D eigenvalue weighted by Gasteiger charge is -2.33. The fourth-order valence-electron chi connectivity index (χ4n) is 3.43. The summed E-state index contributed by atoms with van der Waals surface area (Å²) in [5, 5.41) is 1.04. The lowest BCUT2D eigenvalue weighted by Crippen LogP contribution is -2.49. The predicted octanol–water partition coefficient (Wildman–Crippen LogP) is 1.95. The van der Waals surface area contributed by atoms with E-state index in [1.807, 2.05) is 25.1 Å². The lowest BCUT2D eigenvalue weighted by atomic mass is 10.1. The van der Waals surface area contributed by atoms with E-state index >= 15 is 0 Å². The van der Waals surface area contributed by atoms with Crippen LogP contribution < -0.4 is 5.56 Å². The van der Waals surface area contributed by atoms with Crippen molar-refractivity contribution in [2.75, 3.05) is 31.9 Å². The van der Waals surface area contributed by atoms with E-state index in [0.717, 1.165) is 22.9 Å². The smallest absolute Gasteiger partial charge is 0.252 e. The van der Waals surface area contributed by atoms with Crippen molar-refractivity contribution in [1.82, 2.24) is 14.2 Å². The first-order valence-electron chi connectivity index (χ1n) is 9.28. The third-order valence-electron chi connectivity index (χ3n) is 4.97. The van der Waals surface area contributed by atoms with Gasteiger partial charge < -0.3 is 4.98 Å². The predicted molar refractivity (Wildman–Crippen MR) is 105 cm³/mol. The molecule has 2 heterocycles. The summed E-state index contributed by atoms with van der Waals surface area (Å²) < 4.78 is 25.9. The zero-order valence-corrected chi connectivity index (χ0v) is 16.3. The molecule has 0 atom stereocenters. The van der Waals surface area contributed by atoms with Crippen LogP contribution in [-0.2, 0) is 23.0 Å². The van der Waals surface area contributed by atoms with Crippen molar-refractivity contribution in [3.05, 3.63) is 45.7 Å². The number of rotatable bonds is 6. The Balaban J connectivity index is 1.72. The van der Waals surface area contributed by atoms with Crippen LogP contribution >= 0.6 is 0 Å². The van der Waals surface area contributed by atoms with Gasteiger partial charge in [-0.15, -0.1) is 0 Å². The topological polar surface area (TPSA) is 73.5 Å². The third kappa shape index (κ3) is 4.16. The number of nitrogens with one attached hydrogen (secondary N) is 1. The summed E-state index contributed by atoms with van der Waals surface area (Å²) in [6.45, 7) is 6.82. The number of pyridine rings is 1. The van der Waals surface area contributed by atoms with Crippen LogP contribution in [0.25, 0.3) is 10.9 Å². The highest BCUT2D eigenvalue weighted by Crippen LogP contribution is 2.16. The van der Waals surface area contributed by atoms with Crippen LogP contribution in [0.4, 0.5) is 0 Å². The fourth-order valence-corrected chi connectivity index (χ4v) is 4.93. The van der Waals surface area contributed by atoms with Gasteiger partial charge in [-0.05, 0) is 42.0 Å². The van der Waals surface area contributed by atoms with Gasteiger partial charge in [0.15, 0.2) is 0 Å². The highest BCUT2D eigenvalue weighted by Gasteiger charge is 2.26. The molecule has 1 saturated heterocycles. The van der Waals surface area contributed by atoms with E-state index in [1.165, 1.54) is 5.56 Å². The van der Waals surface area contributed by atoms with Crippen LogP contribution in [0.2, 0.25) is 0 Å². The van der Waals surface area contributed by atoms with Crippen LogP contribution in [0.3, 0.4) is 0 Å². The number of nitrogens with zero attached hydrogens (tertiary/aromatic N) is 2. The lowest BCUT2D eigenvalue weighted by molar-refractivity contribution is 0.181. The van der Waals surface area contributed by atoms with Gasteiger partial charge >= 0.3 is 0 Å². The summed E-state index contributed by atoms with van der Waals surface area (Å²) in [6, 6.07) is 8.07.